The highest BCUT2D eigenvalue weighted by Gasteiger charge is 2.18. The molecule has 0 fully saturated rings. The van der Waals surface area contributed by atoms with Crippen molar-refractivity contribution in [3.63, 3.8) is 0 Å². The lowest BCUT2D eigenvalue weighted by Crippen LogP contribution is -2.24. The normalized spacial score (nSPS) is 12.4. The van der Waals surface area contributed by atoms with Gasteiger partial charge in [0.2, 0.25) is 0 Å². The smallest absolute Gasteiger partial charge is 0.129 e. The predicted molar refractivity (Wildman–Crippen MR) is 80.6 cm³/mol. The van der Waals surface area contributed by atoms with Gasteiger partial charge in [0.25, 0.3) is 0 Å². The van der Waals surface area contributed by atoms with Gasteiger partial charge in [0.1, 0.15) is 11.6 Å². The molecule has 106 valence electrons. The van der Waals surface area contributed by atoms with Gasteiger partial charge in [-0.2, -0.15) is 0 Å². The molecule has 0 aromatic heterocycles. The van der Waals surface area contributed by atoms with E-state index in [0.717, 1.165) is 16.6 Å². The molecule has 4 heteroatoms. The fourth-order valence-corrected chi connectivity index (χ4v) is 2.79. The Kier molecular flexibility index (Phi) is 5.26. The van der Waals surface area contributed by atoms with Gasteiger partial charge in [0.15, 0.2) is 0 Å². The van der Waals surface area contributed by atoms with Gasteiger partial charge >= 0.3 is 0 Å². The molecular weight excluding hydrogens is 324 g/mol. The first kappa shape index (κ1) is 15.1. The molecular formula is C16H16BrF2N. The quantitative estimate of drug-likeness (QED) is 0.837. The lowest BCUT2D eigenvalue weighted by molar-refractivity contribution is 0.498. The van der Waals surface area contributed by atoms with Gasteiger partial charge in [-0.1, -0.05) is 47.1 Å². The first-order valence-corrected chi connectivity index (χ1v) is 7.33. The Bertz CT molecular complexity index is 566. The van der Waals surface area contributed by atoms with E-state index in [-0.39, 0.29) is 18.0 Å². The third kappa shape index (κ3) is 3.44. The lowest BCUT2D eigenvalue weighted by atomic mass is 9.98. The summed E-state index contributed by atoms with van der Waals surface area (Å²) in [6.45, 7) is 2.70. The maximum Gasteiger partial charge on any atom is 0.129 e. The summed E-state index contributed by atoms with van der Waals surface area (Å²) in [7, 11) is 0. The molecule has 1 N–H and O–H groups in total. The number of benzene rings is 2. The van der Waals surface area contributed by atoms with Gasteiger partial charge in [0, 0.05) is 16.1 Å². The fraction of sp³-hybridized carbons (Fsp3) is 0.250. The molecule has 0 heterocycles. The Labute approximate surface area is 126 Å². The maximum absolute atomic E-state index is 13.8. The Hall–Kier alpha value is -1.26. The summed E-state index contributed by atoms with van der Waals surface area (Å²) in [5.41, 5.74) is 1.12. The second-order valence-corrected chi connectivity index (χ2v) is 5.39. The summed E-state index contributed by atoms with van der Waals surface area (Å²) >= 11 is 3.49. The molecule has 0 aliphatic heterocycles. The van der Waals surface area contributed by atoms with Crippen molar-refractivity contribution in [3.8, 4) is 0 Å². The minimum Gasteiger partial charge on any atom is -0.310 e. The number of nitrogens with one attached hydrogen (secondary N) is 1. The van der Waals surface area contributed by atoms with Crippen molar-refractivity contribution in [1.29, 1.82) is 0 Å². The molecule has 0 aliphatic rings. The van der Waals surface area contributed by atoms with Crippen LogP contribution in [0.5, 0.6) is 0 Å². The number of hydrogen-bond acceptors (Lipinski definition) is 1. The van der Waals surface area contributed by atoms with E-state index >= 15 is 0 Å². The van der Waals surface area contributed by atoms with Gasteiger partial charge in [-0.25, -0.2) is 8.78 Å². The molecule has 2 aromatic rings. The number of halogens is 3. The van der Waals surface area contributed by atoms with E-state index in [1.54, 1.807) is 0 Å². The van der Waals surface area contributed by atoms with Crippen molar-refractivity contribution in [2.75, 3.05) is 6.54 Å². The highest BCUT2D eigenvalue weighted by atomic mass is 79.9. The molecule has 0 saturated heterocycles. The van der Waals surface area contributed by atoms with Crippen LogP contribution in [0.15, 0.2) is 46.9 Å². The first-order chi connectivity index (χ1) is 9.63. The van der Waals surface area contributed by atoms with Crippen LogP contribution in [0.2, 0.25) is 0 Å². The van der Waals surface area contributed by atoms with E-state index in [4.69, 9.17) is 0 Å². The van der Waals surface area contributed by atoms with Crippen molar-refractivity contribution in [2.45, 2.75) is 19.4 Å². The SMILES string of the molecule is CCNC(Cc1c(F)cccc1F)c1ccccc1Br. The van der Waals surface area contributed by atoms with Crippen LogP contribution < -0.4 is 5.32 Å². The summed E-state index contributed by atoms with van der Waals surface area (Å²) < 4.78 is 28.5. The van der Waals surface area contributed by atoms with Crippen LogP contribution in [-0.2, 0) is 6.42 Å². The van der Waals surface area contributed by atoms with Gasteiger partial charge in [-0.3, -0.25) is 0 Å². The summed E-state index contributed by atoms with van der Waals surface area (Å²) in [6, 6.07) is 11.6. The van der Waals surface area contributed by atoms with E-state index in [1.165, 1.54) is 18.2 Å². The van der Waals surface area contributed by atoms with Gasteiger partial charge in [-0.15, -0.1) is 0 Å². The Morgan fingerprint density at radius 2 is 1.70 bits per heavy atom. The highest BCUT2D eigenvalue weighted by Crippen LogP contribution is 2.27. The lowest BCUT2D eigenvalue weighted by Gasteiger charge is -2.20. The van der Waals surface area contributed by atoms with Crippen molar-refractivity contribution in [2.24, 2.45) is 0 Å². The first-order valence-electron chi connectivity index (χ1n) is 6.54. The van der Waals surface area contributed by atoms with E-state index in [0.29, 0.717) is 0 Å². The van der Waals surface area contributed by atoms with E-state index in [1.807, 2.05) is 31.2 Å². The molecule has 0 radical (unpaired) electrons. The zero-order chi connectivity index (χ0) is 14.5. The van der Waals surface area contributed by atoms with Gasteiger partial charge in [-0.05, 0) is 36.7 Å². The zero-order valence-corrected chi connectivity index (χ0v) is 12.8. The van der Waals surface area contributed by atoms with Crippen LogP contribution in [-0.4, -0.2) is 6.54 Å². The average molecular weight is 340 g/mol. The summed E-state index contributed by atoms with van der Waals surface area (Å²) in [5.74, 6) is -1.00. The Morgan fingerprint density at radius 1 is 1.05 bits per heavy atom. The molecule has 1 nitrogen and oxygen atoms in total. The van der Waals surface area contributed by atoms with Gasteiger partial charge in [0.05, 0.1) is 0 Å². The van der Waals surface area contributed by atoms with Crippen molar-refractivity contribution < 1.29 is 8.78 Å². The fourth-order valence-electron chi connectivity index (χ4n) is 2.23. The van der Waals surface area contributed by atoms with Gasteiger partial charge < -0.3 is 5.32 Å². The molecule has 0 spiro atoms. The molecule has 1 atom stereocenters. The number of rotatable bonds is 5. The molecule has 0 amide bonds. The van der Waals surface area contributed by atoms with Crippen molar-refractivity contribution >= 4 is 15.9 Å². The van der Waals surface area contributed by atoms with Crippen LogP contribution in [0.25, 0.3) is 0 Å². The van der Waals surface area contributed by atoms with Crippen LogP contribution in [0.3, 0.4) is 0 Å². The standard InChI is InChI=1S/C16H16BrF2N/c1-2-20-16(11-6-3-4-7-13(11)17)10-12-14(18)8-5-9-15(12)19/h3-9,16,20H,2,10H2,1H3. The van der Waals surface area contributed by atoms with E-state index in [9.17, 15) is 8.78 Å². The third-order valence-corrected chi connectivity index (χ3v) is 3.92. The molecule has 0 saturated carbocycles. The van der Waals surface area contributed by atoms with Crippen LogP contribution in [0.4, 0.5) is 8.78 Å². The zero-order valence-electron chi connectivity index (χ0n) is 11.2. The largest absolute Gasteiger partial charge is 0.310 e. The number of likely N-dealkylation sites (N-methyl/N-ethyl adjacent to an activating group) is 1. The monoisotopic (exact) mass is 339 g/mol. The molecule has 1 unspecified atom stereocenters. The molecule has 0 aliphatic carbocycles. The average Bonchev–Trinajstić information content (AvgIpc) is 2.43. The second kappa shape index (κ2) is 6.95. The topological polar surface area (TPSA) is 12.0 Å². The summed E-state index contributed by atoms with van der Waals surface area (Å²) in [6.07, 6.45) is 0.273. The van der Waals surface area contributed by atoms with Crippen LogP contribution in [0.1, 0.15) is 24.1 Å². The third-order valence-electron chi connectivity index (χ3n) is 3.20. The minimum absolute atomic E-state index is 0.120. The summed E-state index contributed by atoms with van der Waals surface area (Å²) in [4.78, 5) is 0. The van der Waals surface area contributed by atoms with Crippen LogP contribution in [0, 0.1) is 11.6 Å². The van der Waals surface area contributed by atoms with E-state index < -0.39 is 11.6 Å². The molecule has 20 heavy (non-hydrogen) atoms. The maximum atomic E-state index is 13.8. The minimum atomic E-state index is -0.500. The van der Waals surface area contributed by atoms with Crippen molar-refractivity contribution in [1.82, 2.24) is 5.32 Å². The van der Waals surface area contributed by atoms with E-state index in [2.05, 4.69) is 21.2 Å². The highest BCUT2D eigenvalue weighted by molar-refractivity contribution is 9.10. The summed E-state index contributed by atoms with van der Waals surface area (Å²) in [5, 5.41) is 3.28. The second-order valence-electron chi connectivity index (χ2n) is 4.54. The van der Waals surface area contributed by atoms with Crippen molar-refractivity contribution in [3.05, 3.63) is 69.7 Å². The predicted octanol–water partition coefficient (Wildman–Crippen LogP) is 4.62. The molecule has 0 bridgehead atoms. The van der Waals surface area contributed by atoms with Crippen LogP contribution >= 0.6 is 15.9 Å². The number of hydrogen-bond donors (Lipinski definition) is 1. The molecule has 2 aromatic carbocycles. The molecule has 2 rings (SSSR count). The Morgan fingerprint density at radius 3 is 2.30 bits per heavy atom. The Balaban J connectivity index is 2.33.